The average molecular weight is 272 g/mol. The fourth-order valence-corrected chi connectivity index (χ4v) is 2.73. The number of methoxy groups -OCH3 is 1. The molecule has 1 fully saturated rings. The molecule has 2 unspecified atom stereocenters. The molecule has 19 heavy (non-hydrogen) atoms. The van der Waals surface area contributed by atoms with Crippen LogP contribution in [0.1, 0.15) is 40.0 Å². The topological polar surface area (TPSA) is 44.7 Å². The van der Waals surface area contributed by atoms with Crippen molar-refractivity contribution in [1.29, 1.82) is 0 Å². The summed E-state index contributed by atoms with van der Waals surface area (Å²) < 4.78 is 5.03. The van der Waals surface area contributed by atoms with Gasteiger partial charge in [-0.3, -0.25) is 0 Å². The highest BCUT2D eigenvalue weighted by molar-refractivity contribution is 4.83. The maximum Gasteiger partial charge on any atom is 0.0765 e. The van der Waals surface area contributed by atoms with Gasteiger partial charge in [-0.25, -0.2) is 0 Å². The van der Waals surface area contributed by atoms with Crippen LogP contribution in [0.25, 0.3) is 0 Å². The number of nitrogens with one attached hydrogen (secondary N) is 1. The first-order valence-electron chi connectivity index (χ1n) is 7.65. The van der Waals surface area contributed by atoms with E-state index in [9.17, 15) is 5.11 Å². The largest absolute Gasteiger partial charge is 0.389 e. The van der Waals surface area contributed by atoms with Crippen LogP contribution in [0.3, 0.4) is 0 Å². The third kappa shape index (κ3) is 6.21. The second-order valence-electron chi connectivity index (χ2n) is 6.18. The maximum atomic E-state index is 10.2. The zero-order chi connectivity index (χ0) is 14.3. The zero-order valence-electron chi connectivity index (χ0n) is 13.1. The Balaban J connectivity index is 2.25. The minimum absolute atomic E-state index is 0.480. The summed E-state index contributed by atoms with van der Waals surface area (Å²) in [7, 11) is 1.67. The molecule has 1 aliphatic heterocycles. The molecule has 0 bridgehead atoms. The minimum atomic E-state index is -0.672. The summed E-state index contributed by atoms with van der Waals surface area (Å²) in [5.41, 5.74) is -0.672. The molecule has 0 aromatic heterocycles. The van der Waals surface area contributed by atoms with E-state index in [0.29, 0.717) is 25.6 Å². The Kier molecular flexibility index (Phi) is 7.29. The van der Waals surface area contributed by atoms with Crippen molar-refractivity contribution in [2.45, 2.75) is 51.7 Å². The number of ether oxygens (including phenoxy) is 1. The second-order valence-corrected chi connectivity index (χ2v) is 6.18. The Morgan fingerprint density at radius 2 is 2.05 bits per heavy atom. The molecule has 0 amide bonds. The predicted octanol–water partition coefficient (Wildman–Crippen LogP) is 1.48. The van der Waals surface area contributed by atoms with Crippen molar-refractivity contribution in [1.82, 2.24) is 10.2 Å². The predicted molar refractivity (Wildman–Crippen MR) is 79.4 cm³/mol. The zero-order valence-corrected chi connectivity index (χ0v) is 13.1. The van der Waals surface area contributed by atoms with Crippen LogP contribution >= 0.6 is 0 Å². The Labute approximate surface area is 118 Å². The van der Waals surface area contributed by atoms with E-state index in [1.165, 1.54) is 32.5 Å². The molecular formula is C15H32N2O2. The first-order chi connectivity index (χ1) is 8.98. The van der Waals surface area contributed by atoms with E-state index in [0.717, 1.165) is 5.92 Å². The highest BCUT2D eigenvalue weighted by atomic mass is 16.5. The Bertz CT molecular complexity index is 238. The molecular weight excluding hydrogens is 240 g/mol. The Morgan fingerprint density at radius 3 is 2.58 bits per heavy atom. The Hall–Kier alpha value is -0.160. The van der Waals surface area contributed by atoms with E-state index in [1.807, 2.05) is 6.92 Å². The minimum Gasteiger partial charge on any atom is -0.389 e. The van der Waals surface area contributed by atoms with Gasteiger partial charge in [0.15, 0.2) is 0 Å². The van der Waals surface area contributed by atoms with E-state index in [-0.39, 0.29) is 0 Å². The van der Waals surface area contributed by atoms with Crippen LogP contribution in [0.2, 0.25) is 0 Å². The van der Waals surface area contributed by atoms with Gasteiger partial charge in [-0.15, -0.1) is 0 Å². The van der Waals surface area contributed by atoms with Crippen molar-refractivity contribution in [2.75, 3.05) is 39.9 Å². The van der Waals surface area contributed by atoms with Crippen LogP contribution in [-0.4, -0.2) is 61.5 Å². The molecule has 0 saturated carbocycles. The summed E-state index contributed by atoms with van der Waals surface area (Å²) in [6.07, 6.45) is 3.21. The van der Waals surface area contributed by atoms with Crippen molar-refractivity contribution in [3.05, 3.63) is 0 Å². The number of aliphatic hydroxyl groups is 1. The van der Waals surface area contributed by atoms with Gasteiger partial charge in [0.25, 0.3) is 0 Å². The smallest absolute Gasteiger partial charge is 0.0765 e. The van der Waals surface area contributed by atoms with Crippen LogP contribution in [0.4, 0.5) is 0 Å². The molecule has 1 saturated heterocycles. The second kappa shape index (κ2) is 8.20. The van der Waals surface area contributed by atoms with Gasteiger partial charge < -0.3 is 20.1 Å². The monoisotopic (exact) mass is 272 g/mol. The normalized spacial score (nSPS) is 23.2. The van der Waals surface area contributed by atoms with Gasteiger partial charge >= 0.3 is 0 Å². The number of hydrogen-bond acceptors (Lipinski definition) is 4. The van der Waals surface area contributed by atoms with Crippen molar-refractivity contribution in [3.8, 4) is 0 Å². The van der Waals surface area contributed by atoms with E-state index in [2.05, 4.69) is 24.1 Å². The SMILES string of the molecule is CCN1CCC(C(C)NCC(C)(O)CCOC)CC1. The molecule has 1 aliphatic rings. The van der Waals surface area contributed by atoms with E-state index < -0.39 is 5.60 Å². The summed E-state index contributed by atoms with van der Waals surface area (Å²) in [6.45, 7) is 11.2. The van der Waals surface area contributed by atoms with Gasteiger partial charge in [-0.1, -0.05) is 6.92 Å². The van der Waals surface area contributed by atoms with Crippen LogP contribution in [0, 0.1) is 5.92 Å². The molecule has 114 valence electrons. The molecule has 0 aromatic carbocycles. The third-order valence-corrected chi connectivity index (χ3v) is 4.44. The highest BCUT2D eigenvalue weighted by Gasteiger charge is 2.26. The summed E-state index contributed by atoms with van der Waals surface area (Å²) in [6, 6.07) is 0.480. The summed E-state index contributed by atoms with van der Waals surface area (Å²) in [4.78, 5) is 2.51. The van der Waals surface area contributed by atoms with Gasteiger partial charge in [0, 0.05) is 32.7 Å². The lowest BCUT2D eigenvalue weighted by atomic mass is 9.89. The van der Waals surface area contributed by atoms with Crippen molar-refractivity contribution in [2.24, 2.45) is 5.92 Å². The number of piperidine rings is 1. The standard InChI is InChI=1S/C15H32N2O2/c1-5-17-9-6-14(7-10-17)13(2)16-12-15(3,18)8-11-19-4/h13-14,16,18H,5-12H2,1-4H3. The maximum absolute atomic E-state index is 10.2. The molecule has 4 heteroatoms. The number of likely N-dealkylation sites (tertiary alicyclic amines) is 1. The number of nitrogens with zero attached hydrogens (tertiary/aromatic N) is 1. The summed E-state index contributed by atoms with van der Waals surface area (Å²) >= 11 is 0. The lowest BCUT2D eigenvalue weighted by Crippen LogP contribution is -2.47. The van der Waals surface area contributed by atoms with E-state index in [4.69, 9.17) is 4.74 Å². The molecule has 1 heterocycles. The first kappa shape index (κ1) is 16.9. The first-order valence-corrected chi connectivity index (χ1v) is 7.65. The van der Waals surface area contributed by atoms with Gasteiger partial charge in [0.1, 0.15) is 0 Å². The van der Waals surface area contributed by atoms with Crippen LogP contribution < -0.4 is 5.32 Å². The summed E-state index contributed by atoms with van der Waals surface area (Å²) in [5, 5.41) is 13.7. The van der Waals surface area contributed by atoms with Crippen molar-refractivity contribution >= 4 is 0 Å². The van der Waals surface area contributed by atoms with E-state index in [1.54, 1.807) is 7.11 Å². The van der Waals surface area contributed by atoms with Crippen molar-refractivity contribution < 1.29 is 9.84 Å². The quantitative estimate of drug-likeness (QED) is 0.702. The molecule has 0 aliphatic carbocycles. The van der Waals surface area contributed by atoms with Gasteiger partial charge in [0.2, 0.25) is 0 Å². The lowest BCUT2D eigenvalue weighted by Gasteiger charge is -2.36. The summed E-state index contributed by atoms with van der Waals surface area (Å²) in [5.74, 6) is 0.737. The molecule has 2 N–H and O–H groups in total. The van der Waals surface area contributed by atoms with E-state index >= 15 is 0 Å². The van der Waals surface area contributed by atoms with Crippen molar-refractivity contribution in [3.63, 3.8) is 0 Å². The van der Waals surface area contributed by atoms with Gasteiger partial charge in [0.05, 0.1) is 5.60 Å². The number of hydrogen-bond donors (Lipinski definition) is 2. The molecule has 0 radical (unpaired) electrons. The average Bonchev–Trinajstić information content (AvgIpc) is 2.43. The molecule has 1 rings (SSSR count). The van der Waals surface area contributed by atoms with Gasteiger partial charge in [-0.2, -0.15) is 0 Å². The van der Waals surface area contributed by atoms with Gasteiger partial charge in [-0.05, 0) is 52.2 Å². The Morgan fingerprint density at radius 1 is 1.42 bits per heavy atom. The molecule has 0 spiro atoms. The number of rotatable bonds is 8. The third-order valence-electron chi connectivity index (χ3n) is 4.44. The van der Waals surface area contributed by atoms with Crippen LogP contribution in [0.15, 0.2) is 0 Å². The molecule has 2 atom stereocenters. The van der Waals surface area contributed by atoms with Crippen LogP contribution in [-0.2, 0) is 4.74 Å². The lowest BCUT2D eigenvalue weighted by molar-refractivity contribution is 0.0203. The molecule has 4 nitrogen and oxygen atoms in total. The van der Waals surface area contributed by atoms with Crippen LogP contribution in [0.5, 0.6) is 0 Å². The fraction of sp³-hybridized carbons (Fsp3) is 1.00. The highest BCUT2D eigenvalue weighted by Crippen LogP contribution is 2.21. The molecule has 0 aromatic rings. The fourth-order valence-electron chi connectivity index (χ4n) is 2.73.